The van der Waals surface area contributed by atoms with E-state index in [4.69, 9.17) is 5.11 Å². The maximum absolute atomic E-state index is 10.8. The van der Waals surface area contributed by atoms with Gasteiger partial charge in [-0.3, -0.25) is 4.79 Å². The Bertz CT molecular complexity index is 187. The fourth-order valence-electron chi connectivity index (χ4n) is 0.448. The van der Waals surface area contributed by atoms with Crippen LogP contribution in [0.3, 0.4) is 0 Å². The van der Waals surface area contributed by atoms with Crippen LogP contribution in [0.15, 0.2) is 0 Å². The number of hydrogen-bond acceptors (Lipinski definition) is 3. The van der Waals surface area contributed by atoms with Crippen molar-refractivity contribution in [1.82, 2.24) is 4.90 Å². The molecule has 0 aliphatic carbocycles. The second-order valence-electron chi connectivity index (χ2n) is 3.34. The molecule has 0 aliphatic rings. The fraction of sp³-hybridized carbons (Fsp3) is 0.714. The molecule has 1 amide bonds. The minimum Gasteiger partial charge on any atom is -0.870 e. The van der Waals surface area contributed by atoms with Crippen LogP contribution in [0.5, 0.6) is 0 Å². The molecule has 0 fully saturated rings. The number of carboxylic acid groups (broad SMARTS) is 1. The van der Waals surface area contributed by atoms with Crippen molar-refractivity contribution in [2.45, 2.75) is 26.3 Å². The zero-order valence-electron chi connectivity index (χ0n) is 8.66. The summed E-state index contributed by atoms with van der Waals surface area (Å²) in [5.41, 5.74) is -0.435. The Morgan fingerprint density at radius 2 is 1.54 bits per heavy atom. The summed E-state index contributed by atoms with van der Waals surface area (Å²) in [6.45, 7) is 5.32. The number of carbonyl (C=O) groups is 2. The van der Waals surface area contributed by atoms with Crippen molar-refractivity contribution in [2.75, 3.05) is 7.05 Å². The summed E-state index contributed by atoms with van der Waals surface area (Å²) in [6, 6.07) is 0. The van der Waals surface area contributed by atoms with E-state index in [-0.39, 0.29) is 56.9 Å². The summed E-state index contributed by atoms with van der Waals surface area (Å²) in [7, 11) is 1.47. The van der Waals surface area contributed by atoms with E-state index in [1.54, 1.807) is 20.8 Å². The van der Waals surface area contributed by atoms with E-state index in [0.29, 0.717) is 0 Å². The van der Waals surface area contributed by atoms with Crippen LogP contribution in [0, 0.1) is 0 Å². The summed E-state index contributed by atoms with van der Waals surface area (Å²) < 4.78 is 0. The van der Waals surface area contributed by atoms with E-state index in [1.165, 1.54) is 11.9 Å². The molecule has 0 aliphatic heterocycles. The molecule has 0 unspecified atom stereocenters. The average molecular weight is 215 g/mol. The first kappa shape index (κ1) is 19.2. The van der Waals surface area contributed by atoms with Crippen molar-refractivity contribution < 1.29 is 71.6 Å². The number of aliphatic carboxylic acids is 1. The fourth-order valence-corrected chi connectivity index (χ4v) is 0.448. The molecule has 72 valence electrons. The minimum atomic E-state index is -1.41. The Morgan fingerprint density at radius 1 is 1.23 bits per heavy atom. The third-order valence-corrected chi connectivity index (χ3v) is 1.49. The van der Waals surface area contributed by atoms with Crippen LogP contribution < -0.4 is 51.4 Å². The molecule has 0 aromatic heterocycles. The molecular weight excluding hydrogens is 201 g/mol. The number of hydrogen-bond donors (Lipinski definition) is 1. The number of carbonyl (C=O) groups excluding carboxylic acids is 1. The van der Waals surface area contributed by atoms with Gasteiger partial charge in [-0.15, -0.1) is 0 Å². The van der Waals surface area contributed by atoms with Gasteiger partial charge in [0.15, 0.2) is 0 Å². The maximum Gasteiger partial charge on any atom is 1.00 e. The zero-order chi connectivity index (χ0) is 9.23. The molecule has 6 heteroatoms. The molecule has 2 N–H and O–H groups in total. The van der Waals surface area contributed by atoms with Crippen molar-refractivity contribution in [1.29, 1.82) is 0 Å². The van der Waals surface area contributed by atoms with Gasteiger partial charge in [0.05, 0.1) is 0 Å². The van der Waals surface area contributed by atoms with Crippen molar-refractivity contribution in [3.8, 4) is 0 Å². The van der Waals surface area contributed by atoms with Gasteiger partial charge in [-0.25, -0.2) is 4.79 Å². The van der Waals surface area contributed by atoms with Crippen LogP contribution >= 0.6 is 0 Å². The molecule has 0 radical (unpaired) electrons. The van der Waals surface area contributed by atoms with E-state index >= 15 is 0 Å². The molecule has 0 saturated carbocycles. The Kier molecular flexibility index (Phi) is 10.2. The van der Waals surface area contributed by atoms with Gasteiger partial charge in [-0.1, -0.05) is 0 Å². The first-order valence-electron chi connectivity index (χ1n) is 3.28. The Balaban J connectivity index is -0.000000500. The van der Waals surface area contributed by atoms with Crippen LogP contribution in [0.25, 0.3) is 0 Å². The first-order chi connectivity index (χ1) is 4.76. The van der Waals surface area contributed by atoms with Crippen LogP contribution in [-0.2, 0) is 9.59 Å². The van der Waals surface area contributed by atoms with E-state index in [1.807, 2.05) is 0 Å². The largest absolute Gasteiger partial charge is 1.00 e. The summed E-state index contributed by atoms with van der Waals surface area (Å²) >= 11 is 0. The molecule has 5 nitrogen and oxygen atoms in total. The maximum atomic E-state index is 10.8. The summed E-state index contributed by atoms with van der Waals surface area (Å²) in [5.74, 6) is -2.29. The van der Waals surface area contributed by atoms with Crippen LogP contribution in [0.4, 0.5) is 0 Å². The molecule has 0 aromatic rings. The molecule has 0 heterocycles. The van der Waals surface area contributed by atoms with Crippen molar-refractivity contribution in [3.63, 3.8) is 0 Å². The van der Waals surface area contributed by atoms with E-state index in [9.17, 15) is 9.59 Å². The second kappa shape index (κ2) is 6.91. The molecule has 0 aromatic carbocycles. The van der Waals surface area contributed by atoms with Crippen LogP contribution in [-0.4, -0.2) is 39.9 Å². The molecule has 0 atom stereocenters. The van der Waals surface area contributed by atoms with Gasteiger partial charge in [-0.2, -0.15) is 0 Å². The van der Waals surface area contributed by atoms with Crippen LogP contribution in [0.2, 0.25) is 0 Å². The summed E-state index contributed by atoms with van der Waals surface area (Å²) in [4.78, 5) is 22.2. The van der Waals surface area contributed by atoms with Gasteiger partial charge in [-0.05, 0) is 20.8 Å². The number of likely N-dealkylation sites (N-methyl/N-ethyl adjacent to an activating group) is 1. The normalized spacial score (nSPS) is 9.23. The molecule has 13 heavy (non-hydrogen) atoms. The second-order valence-corrected chi connectivity index (χ2v) is 3.34. The van der Waals surface area contributed by atoms with Gasteiger partial charge in [0, 0.05) is 12.6 Å². The predicted octanol–water partition coefficient (Wildman–Crippen LogP) is -2.84. The van der Waals surface area contributed by atoms with Crippen molar-refractivity contribution >= 4 is 11.9 Å². The number of carboxylic acids is 1. The Morgan fingerprint density at radius 3 is 1.62 bits per heavy atom. The van der Waals surface area contributed by atoms with E-state index in [0.717, 1.165) is 0 Å². The van der Waals surface area contributed by atoms with Crippen molar-refractivity contribution in [2.24, 2.45) is 0 Å². The molecule has 0 spiro atoms. The monoisotopic (exact) mass is 215 g/mol. The van der Waals surface area contributed by atoms with E-state index in [2.05, 4.69) is 0 Å². The third-order valence-electron chi connectivity index (χ3n) is 1.49. The first-order valence-corrected chi connectivity index (χ1v) is 3.28. The SMILES string of the molecule is CN(C(=O)C(=O)O)C(C)(C)C.[K+].[OH-]. The molecule has 0 bridgehead atoms. The summed E-state index contributed by atoms with van der Waals surface area (Å²) in [6.07, 6.45) is 0. The van der Waals surface area contributed by atoms with E-state index < -0.39 is 17.4 Å². The standard InChI is InChI=1S/C7H13NO3.K.H2O/c1-7(2,3)8(4)5(9)6(10)11;;/h1-4H3,(H,10,11);;1H2/q;+1;/p-1. The predicted molar refractivity (Wildman–Crippen MR) is 42.1 cm³/mol. The van der Waals surface area contributed by atoms with Crippen LogP contribution in [0.1, 0.15) is 20.8 Å². The minimum absolute atomic E-state index is 0. The van der Waals surface area contributed by atoms with Crippen molar-refractivity contribution in [3.05, 3.63) is 0 Å². The molecule has 0 rings (SSSR count). The van der Waals surface area contributed by atoms with Gasteiger partial charge in [0.25, 0.3) is 0 Å². The van der Waals surface area contributed by atoms with Gasteiger partial charge in [0.2, 0.25) is 0 Å². The number of amides is 1. The topological polar surface area (TPSA) is 87.6 Å². The summed E-state index contributed by atoms with van der Waals surface area (Å²) in [5, 5.41) is 8.32. The number of rotatable bonds is 0. The average Bonchev–Trinajstić information content (AvgIpc) is 1.82. The number of nitrogens with zero attached hydrogens (tertiary/aromatic N) is 1. The van der Waals surface area contributed by atoms with Gasteiger partial charge in [0.1, 0.15) is 0 Å². The molecular formula is C7H14KNO4. The molecule has 0 saturated heterocycles. The van der Waals surface area contributed by atoms with Gasteiger partial charge >= 0.3 is 63.3 Å². The zero-order valence-corrected chi connectivity index (χ0v) is 11.8. The smallest absolute Gasteiger partial charge is 0.870 e. The quantitative estimate of drug-likeness (QED) is 0.348. The Hall–Kier alpha value is 0.536. The Labute approximate surface area is 120 Å². The van der Waals surface area contributed by atoms with Gasteiger partial charge < -0.3 is 15.5 Å². The third kappa shape index (κ3) is 6.59.